The average molecular weight is 288 g/mol. The molecule has 1 saturated carbocycles. The van der Waals surface area contributed by atoms with E-state index < -0.39 is 0 Å². The molecule has 0 radical (unpaired) electrons. The smallest absolute Gasteiger partial charge is 0.216 e. The molecule has 0 aliphatic heterocycles. The van der Waals surface area contributed by atoms with Crippen LogP contribution in [-0.4, -0.2) is 31.4 Å². The van der Waals surface area contributed by atoms with Crippen LogP contribution in [0.15, 0.2) is 30.3 Å². The minimum Gasteiger partial charge on any atom is -0.356 e. The van der Waals surface area contributed by atoms with E-state index in [1.807, 2.05) is 0 Å². The number of rotatable bonds is 5. The van der Waals surface area contributed by atoms with Crippen molar-refractivity contribution in [2.45, 2.75) is 38.6 Å². The molecule has 0 spiro atoms. The van der Waals surface area contributed by atoms with E-state index in [0.29, 0.717) is 12.0 Å². The summed E-state index contributed by atoms with van der Waals surface area (Å²) >= 11 is 0. The summed E-state index contributed by atoms with van der Waals surface area (Å²) in [5.74, 6) is 1.47. The second kappa shape index (κ2) is 7.60. The van der Waals surface area contributed by atoms with E-state index in [9.17, 15) is 4.79 Å². The number of nitrogens with zero attached hydrogens (tertiary/aromatic N) is 1. The van der Waals surface area contributed by atoms with Crippen molar-refractivity contribution in [2.75, 3.05) is 20.6 Å². The van der Waals surface area contributed by atoms with Crippen molar-refractivity contribution in [2.24, 2.45) is 11.8 Å². The Bertz CT molecular complexity index is 436. The third-order valence-corrected chi connectivity index (χ3v) is 4.68. The summed E-state index contributed by atoms with van der Waals surface area (Å²) in [5.41, 5.74) is 1.42. The Morgan fingerprint density at radius 1 is 1.19 bits per heavy atom. The maximum atomic E-state index is 11.0. The Morgan fingerprint density at radius 2 is 1.81 bits per heavy atom. The lowest BCUT2D eigenvalue weighted by atomic mass is 9.76. The summed E-state index contributed by atoms with van der Waals surface area (Å²) in [7, 11) is 4.36. The molecule has 1 fully saturated rings. The number of hydrogen-bond donors (Lipinski definition) is 1. The summed E-state index contributed by atoms with van der Waals surface area (Å²) < 4.78 is 0. The molecular formula is C18H28N2O. The minimum atomic E-state index is 0.0903. The molecule has 1 atom stereocenters. The second-order valence-electron chi connectivity index (χ2n) is 6.54. The third kappa shape index (κ3) is 4.57. The standard InChI is InChI=1S/C18H28N2O/c1-14(21)19-13-15-9-11-17(12-10-15)18(20(2)3)16-7-5-4-6-8-16/h4-8,15,17-18H,9-13H2,1-3H3,(H,19,21). The lowest BCUT2D eigenvalue weighted by Gasteiger charge is -2.37. The zero-order chi connectivity index (χ0) is 15.2. The van der Waals surface area contributed by atoms with E-state index in [1.165, 1.54) is 31.2 Å². The number of nitrogens with one attached hydrogen (secondary N) is 1. The molecule has 1 unspecified atom stereocenters. The Morgan fingerprint density at radius 3 is 2.33 bits per heavy atom. The van der Waals surface area contributed by atoms with Gasteiger partial charge in [0.2, 0.25) is 5.91 Å². The number of carbonyl (C=O) groups excluding carboxylic acids is 1. The first-order chi connectivity index (χ1) is 10.1. The van der Waals surface area contributed by atoms with Gasteiger partial charge >= 0.3 is 0 Å². The molecule has 116 valence electrons. The molecule has 1 aliphatic carbocycles. The van der Waals surface area contributed by atoms with E-state index in [2.05, 4.69) is 54.6 Å². The van der Waals surface area contributed by atoms with Crippen molar-refractivity contribution in [1.82, 2.24) is 10.2 Å². The van der Waals surface area contributed by atoms with Gasteiger partial charge in [0, 0.05) is 19.5 Å². The van der Waals surface area contributed by atoms with Crippen LogP contribution < -0.4 is 5.32 Å². The zero-order valence-corrected chi connectivity index (χ0v) is 13.5. The van der Waals surface area contributed by atoms with Crippen LogP contribution in [0.4, 0.5) is 0 Å². The summed E-state index contributed by atoms with van der Waals surface area (Å²) in [4.78, 5) is 13.4. The molecule has 1 aromatic carbocycles. The molecule has 3 nitrogen and oxygen atoms in total. The van der Waals surface area contributed by atoms with E-state index in [-0.39, 0.29) is 5.91 Å². The first-order valence-corrected chi connectivity index (χ1v) is 8.03. The fourth-order valence-electron chi connectivity index (χ4n) is 3.64. The van der Waals surface area contributed by atoms with Gasteiger partial charge < -0.3 is 10.2 Å². The normalized spacial score (nSPS) is 23.8. The van der Waals surface area contributed by atoms with Crippen molar-refractivity contribution in [1.29, 1.82) is 0 Å². The van der Waals surface area contributed by atoms with Gasteiger partial charge in [-0.25, -0.2) is 0 Å². The Kier molecular flexibility index (Phi) is 5.80. The molecular weight excluding hydrogens is 260 g/mol. The van der Waals surface area contributed by atoms with Crippen molar-refractivity contribution >= 4 is 5.91 Å². The topological polar surface area (TPSA) is 32.3 Å². The highest BCUT2D eigenvalue weighted by molar-refractivity contribution is 5.72. The van der Waals surface area contributed by atoms with Crippen LogP contribution in [-0.2, 0) is 4.79 Å². The molecule has 21 heavy (non-hydrogen) atoms. The van der Waals surface area contributed by atoms with E-state index in [1.54, 1.807) is 6.92 Å². The second-order valence-corrected chi connectivity index (χ2v) is 6.54. The van der Waals surface area contributed by atoms with Crippen LogP contribution >= 0.6 is 0 Å². The number of hydrogen-bond acceptors (Lipinski definition) is 2. The summed E-state index contributed by atoms with van der Waals surface area (Å²) in [6.45, 7) is 2.45. The minimum absolute atomic E-state index is 0.0903. The van der Waals surface area contributed by atoms with Crippen LogP contribution in [0.2, 0.25) is 0 Å². The maximum Gasteiger partial charge on any atom is 0.216 e. The van der Waals surface area contributed by atoms with Gasteiger partial charge in [-0.05, 0) is 57.2 Å². The van der Waals surface area contributed by atoms with Gasteiger partial charge in [0.15, 0.2) is 0 Å². The van der Waals surface area contributed by atoms with E-state index in [0.717, 1.165) is 12.5 Å². The number of carbonyl (C=O) groups is 1. The zero-order valence-electron chi connectivity index (χ0n) is 13.5. The highest BCUT2D eigenvalue weighted by Gasteiger charge is 2.29. The molecule has 2 rings (SSSR count). The van der Waals surface area contributed by atoms with Crippen LogP contribution in [0.1, 0.15) is 44.2 Å². The molecule has 0 bridgehead atoms. The highest BCUT2D eigenvalue weighted by atomic mass is 16.1. The van der Waals surface area contributed by atoms with Crippen molar-refractivity contribution in [3.05, 3.63) is 35.9 Å². The average Bonchev–Trinajstić information content (AvgIpc) is 2.47. The highest BCUT2D eigenvalue weighted by Crippen LogP contribution is 2.39. The summed E-state index contributed by atoms with van der Waals surface area (Å²) in [5, 5.41) is 2.96. The SMILES string of the molecule is CC(=O)NCC1CCC(C(c2ccccc2)N(C)C)CC1. The van der Waals surface area contributed by atoms with E-state index >= 15 is 0 Å². The first kappa shape index (κ1) is 16.0. The van der Waals surface area contributed by atoms with Crippen molar-refractivity contribution < 1.29 is 4.79 Å². The largest absolute Gasteiger partial charge is 0.356 e. The van der Waals surface area contributed by atoms with E-state index in [4.69, 9.17) is 0 Å². The molecule has 1 aromatic rings. The third-order valence-electron chi connectivity index (χ3n) is 4.68. The molecule has 1 aliphatic rings. The predicted molar refractivity (Wildman–Crippen MR) is 87.0 cm³/mol. The van der Waals surface area contributed by atoms with Gasteiger partial charge in [0.1, 0.15) is 0 Å². The molecule has 1 amide bonds. The predicted octanol–water partition coefficient (Wildman–Crippen LogP) is 3.23. The number of amides is 1. The van der Waals surface area contributed by atoms with Gasteiger partial charge in [-0.3, -0.25) is 4.79 Å². The summed E-state index contributed by atoms with van der Waals surface area (Å²) in [6.07, 6.45) is 4.95. The molecule has 0 saturated heterocycles. The molecule has 0 aromatic heterocycles. The van der Waals surface area contributed by atoms with Crippen LogP contribution in [0.3, 0.4) is 0 Å². The quantitative estimate of drug-likeness (QED) is 0.902. The van der Waals surface area contributed by atoms with Crippen LogP contribution in [0.5, 0.6) is 0 Å². The fourth-order valence-corrected chi connectivity index (χ4v) is 3.64. The van der Waals surface area contributed by atoms with Gasteiger partial charge in [-0.15, -0.1) is 0 Å². The Hall–Kier alpha value is -1.35. The Balaban J connectivity index is 1.94. The van der Waals surface area contributed by atoms with Crippen LogP contribution in [0.25, 0.3) is 0 Å². The molecule has 0 heterocycles. The van der Waals surface area contributed by atoms with Gasteiger partial charge in [0.05, 0.1) is 0 Å². The maximum absolute atomic E-state index is 11.0. The van der Waals surface area contributed by atoms with Crippen molar-refractivity contribution in [3.63, 3.8) is 0 Å². The van der Waals surface area contributed by atoms with Gasteiger partial charge in [-0.2, -0.15) is 0 Å². The van der Waals surface area contributed by atoms with Crippen molar-refractivity contribution in [3.8, 4) is 0 Å². The summed E-state index contributed by atoms with van der Waals surface area (Å²) in [6, 6.07) is 11.3. The van der Waals surface area contributed by atoms with Gasteiger partial charge in [-0.1, -0.05) is 30.3 Å². The van der Waals surface area contributed by atoms with Crippen LogP contribution in [0, 0.1) is 11.8 Å². The van der Waals surface area contributed by atoms with Gasteiger partial charge in [0.25, 0.3) is 0 Å². The molecule has 3 heteroatoms. The lowest BCUT2D eigenvalue weighted by molar-refractivity contribution is -0.119. The monoisotopic (exact) mass is 288 g/mol. The fraction of sp³-hybridized carbons (Fsp3) is 0.611. The Labute approximate surface area is 128 Å². The lowest BCUT2D eigenvalue weighted by Crippen LogP contribution is -2.33. The first-order valence-electron chi connectivity index (χ1n) is 8.03. The molecule has 1 N–H and O–H groups in total. The number of benzene rings is 1.